The van der Waals surface area contributed by atoms with Crippen LogP contribution >= 0.6 is 0 Å². The number of alkyl halides is 6. The smallest absolute Gasteiger partial charge is 0.342 e. The first-order chi connectivity index (χ1) is 9.22. The number of carbonyl (C=O) groups excluding carboxylic acids is 2. The zero-order chi connectivity index (χ0) is 16.6. The van der Waals surface area contributed by atoms with Crippen molar-refractivity contribution in [2.24, 2.45) is 0 Å². The maximum atomic E-state index is 12.0. The van der Waals surface area contributed by atoms with Gasteiger partial charge < -0.3 is 10.6 Å². The summed E-state index contributed by atoms with van der Waals surface area (Å²) in [4.78, 5) is 21.4. The minimum Gasteiger partial charge on any atom is -0.342 e. The summed E-state index contributed by atoms with van der Waals surface area (Å²) in [6, 6.07) is -3.59. The monoisotopic (exact) mass is 342 g/mol. The quantitative estimate of drug-likeness (QED) is 0.663. The van der Waals surface area contributed by atoms with E-state index in [0.29, 0.717) is 0 Å². The molecule has 0 aromatic carbocycles. The lowest BCUT2D eigenvalue weighted by Crippen LogP contribution is -2.55. The molecule has 0 bridgehead atoms. The van der Waals surface area contributed by atoms with Gasteiger partial charge in [-0.25, -0.2) is 8.42 Å². The predicted octanol–water partition coefficient (Wildman–Crippen LogP) is -0.491. The number of hydrogen-bond acceptors (Lipinski definition) is 4. The molecule has 13 heteroatoms. The van der Waals surface area contributed by atoms with E-state index in [-0.39, 0.29) is 0 Å². The van der Waals surface area contributed by atoms with Crippen LogP contribution in [0, 0.1) is 0 Å². The van der Waals surface area contributed by atoms with Gasteiger partial charge in [0.1, 0.15) is 0 Å². The van der Waals surface area contributed by atoms with Crippen LogP contribution in [0.15, 0.2) is 0 Å². The second kappa shape index (κ2) is 5.35. The Balaban J connectivity index is 2.86. The van der Waals surface area contributed by atoms with Gasteiger partial charge in [0.15, 0.2) is 9.84 Å². The standard InChI is InChI=1S/C8H8F6N2O4S/c9-7(10,11)5(17)15-3-1-21(19,20)2-4(3)16-6(18)8(12,13)14/h3-4H,1-2H2,(H,15,17)(H,16,18)/t3-,4-/m0/s1. The van der Waals surface area contributed by atoms with Crippen LogP contribution in [0.2, 0.25) is 0 Å². The Morgan fingerprint density at radius 3 is 1.33 bits per heavy atom. The average Bonchev–Trinajstić information content (AvgIpc) is 2.50. The molecule has 1 heterocycles. The molecule has 1 aliphatic rings. The van der Waals surface area contributed by atoms with Crippen molar-refractivity contribution in [3.63, 3.8) is 0 Å². The topological polar surface area (TPSA) is 92.3 Å². The Hall–Kier alpha value is -1.53. The first kappa shape index (κ1) is 17.5. The third-order valence-corrected chi connectivity index (χ3v) is 4.23. The Labute approximate surface area is 113 Å². The van der Waals surface area contributed by atoms with Crippen molar-refractivity contribution >= 4 is 21.7 Å². The van der Waals surface area contributed by atoms with Gasteiger partial charge in [-0.1, -0.05) is 0 Å². The molecule has 1 saturated heterocycles. The highest BCUT2D eigenvalue weighted by atomic mass is 32.2. The number of sulfone groups is 1. The molecule has 1 rings (SSSR count). The van der Waals surface area contributed by atoms with Gasteiger partial charge in [0, 0.05) is 0 Å². The summed E-state index contributed by atoms with van der Waals surface area (Å²) in [7, 11) is -3.99. The van der Waals surface area contributed by atoms with Gasteiger partial charge in [-0.15, -0.1) is 0 Å². The zero-order valence-corrected chi connectivity index (χ0v) is 10.7. The van der Waals surface area contributed by atoms with Crippen LogP contribution in [0.4, 0.5) is 26.3 Å². The Morgan fingerprint density at radius 1 is 0.810 bits per heavy atom. The molecular formula is C8H8F6N2O4S. The number of nitrogens with one attached hydrogen (secondary N) is 2. The maximum Gasteiger partial charge on any atom is 0.471 e. The van der Waals surface area contributed by atoms with Gasteiger partial charge in [-0.2, -0.15) is 26.3 Å². The van der Waals surface area contributed by atoms with Crippen molar-refractivity contribution in [3.05, 3.63) is 0 Å². The summed E-state index contributed by atoms with van der Waals surface area (Å²) in [6.45, 7) is 0. The van der Waals surface area contributed by atoms with Gasteiger partial charge in [-0.05, 0) is 0 Å². The summed E-state index contributed by atoms with van der Waals surface area (Å²) in [5.41, 5.74) is 0. The van der Waals surface area contributed by atoms with Crippen LogP contribution in [0.3, 0.4) is 0 Å². The van der Waals surface area contributed by atoms with E-state index in [1.807, 2.05) is 0 Å². The fraction of sp³-hybridized carbons (Fsp3) is 0.750. The molecule has 2 amide bonds. The molecule has 0 saturated carbocycles. The number of halogens is 6. The Kier molecular flexibility index (Phi) is 4.46. The summed E-state index contributed by atoms with van der Waals surface area (Å²) in [6.07, 6.45) is -10.7. The van der Waals surface area contributed by atoms with Crippen LogP contribution in [-0.4, -0.2) is 56.2 Å². The normalized spacial score (nSPS) is 25.4. The first-order valence-electron chi connectivity index (χ1n) is 5.18. The number of carbonyl (C=O) groups is 2. The largest absolute Gasteiger partial charge is 0.471 e. The van der Waals surface area contributed by atoms with Crippen molar-refractivity contribution in [1.82, 2.24) is 10.6 Å². The summed E-state index contributed by atoms with van der Waals surface area (Å²) < 4.78 is 94.8. The van der Waals surface area contributed by atoms with Gasteiger partial charge in [0.2, 0.25) is 0 Å². The van der Waals surface area contributed by atoms with E-state index in [2.05, 4.69) is 0 Å². The zero-order valence-electron chi connectivity index (χ0n) is 9.88. The van der Waals surface area contributed by atoms with E-state index in [1.54, 1.807) is 0 Å². The first-order valence-corrected chi connectivity index (χ1v) is 7.00. The predicted molar refractivity (Wildman–Crippen MR) is 54.6 cm³/mol. The molecule has 1 aliphatic heterocycles. The molecule has 0 spiro atoms. The fourth-order valence-corrected chi connectivity index (χ4v) is 3.49. The highest BCUT2D eigenvalue weighted by Gasteiger charge is 2.48. The van der Waals surface area contributed by atoms with Gasteiger partial charge >= 0.3 is 24.2 Å². The van der Waals surface area contributed by atoms with E-state index in [4.69, 9.17) is 0 Å². The lowest BCUT2D eigenvalue weighted by molar-refractivity contribution is -0.176. The summed E-state index contributed by atoms with van der Waals surface area (Å²) >= 11 is 0. The van der Waals surface area contributed by atoms with Gasteiger partial charge in [-0.3, -0.25) is 9.59 Å². The lowest BCUT2D eigenvalue weighted by Gasteiger charge is -2.21. The van der Waals surface area contributed by atoms with Crippen molar-refractivity contribution < 1.29 is 44.3 Å². The molecule has 0 unspecified atom stereocenters. The third-order valence-electron chi connectivity index (χ3n) is 2.50. The molecule has 21 heavy (non-hydrogen) atoms. The minimum atomic E-state index is -5.33. The van der Waals surface area contributed by atoms with Crippen LogP contribution in [-0.2, 0) is 19.4 Å². The number of rotatable bonds is 2. The molecule has 2 atom stereocenters. The minimum absolute atomic E-state index is 1.00. The highest BCUT2D eigenvalue weighted by Crippen LogP contribution is 2.20. The average molecular weight is 342 g/mol. The fourth-order valence-electron chi connectivity index (χ4n) is 1.63. The van der Waals surface area contributed by atoms with Crippen molar-refractivity contribution in [1.29, 1.82) is 0 Å². The van der Waals surface area contributed by atoms with E-state index in [1.165, 1.54) is 10.6 Å². The van der Waals surface area contributed by atoms with Crippen molar-refractivity contribution in [2.75, 3.05) is 11.5 Å². The summed E-state index contributed by atoms with van der Waals surface area (Å²) in [5, 5.41) is 2.51. The van der Waals surface area contributed by atoms with Crippen molar-refractivity contribution in [3.8, 4) is 0 Å². The van der Waals surface area contributed by atoms with Crippen LogP contribution in [0.5, 0.6) is 0 Å². The second-order valence-corrected chi connectivity index (χ2v) is 6.39. The van der Waals surface area contributed by atoms with E-state index in [9.17, 15) is 44.3 Å². The van der Waals surface area contributed by atoms with Crippen LogP contribution in [0.25, 0.3) is 0 Å². The van der Waals surface area contributed by atoms with E-state index >= 15 is 0 Å². The molecule has 122 valence electrons. The van der Waals surface area contributed by atoms with Crippen molar-refractivity contribution in [2.45, 2.75) is 24.4 Å². The molecule has 0 aliphatic carbocycles. The molecule has 6 nitrogen and oxygen atoms in total. The number of amides is 2. The summed E-state index contributed by atoms with van der Waals surface area (Å²) in [5.74, 6) is -7.01. The Bertz CT molecular complexity index is 498. The molecular weight excluding hydrogens is 334 g/mol. The van der Waals surface area contributed by atoms with Crippen LogP contribution < -0.4 is 10.6 Å². The molecule has 0 aromatic rings. The van der Waals surface area contributed by atoms with Crippen LogP contribution in [0.1, 0.15) is 0 Å². The molecule has 0 aromatic heterocycles. The van der Waals surface area contributed by atoms with Gasteiger partial charge in [0.05, 0.1) is 23.6 Å². The Morgan fingerprint density at radius 2 is 1.10 bits per heavy atom. The molecule has 1 fully saturated rings. The second-order valence-electron chi connectivity index (χ2n) is 4.23. The van der Waals surface area contributed by atoms with E-state index in [0.717, 1.165) is 0 Å². The third kappa shape index (κ3) is 4.75. The number of hydrogen-bond donors (Lipinski definition) is 2. The lowest BCUT2D eigenvalue weighted by atomic mass is 10.1. The van der Waals surface area contributed by atoms with Gasteiger partial charge in [0.25, 0.3) is 0 Å². The molecule has 2 N–H and O–H groups in total. The SMILES string of the molecule is O=C(N[C@H]1CS(=O)(=O)C[C@@H]1NC(=O)C(F)(F)F)C(F)(F)F. The molecule has 0 radical (unpaired) electrons. The maximum absolute atomic E-state index is 12.0. The highest BCUT2D eigenvalue weighted by molar-refractivity contribution is 7.91. The van der Waals surface area contributed by atoms with E-state index < -0.39 is 57.6 Å².